The van der Waals surface area contributed by atoms with E-state index in [2.05, 4.69) is 11.5 Å². The summed E-state index contributed by atoms with van der Waals surface area (Å²) in [5.74, 6) is 1.44. The predicted molar refractivity (Wildman–Crippen MR) is 93.3 cm³/mol. The maximum Gasteiger partial charge on any atom is 0.254 e. The highest BCUT2D eigenvalue weighted by Gasteiger charge is 2.24. The van der Waals surface area contributed by atoms with Gasteiger partial charge in [0.15, 0.2) is 11.5 Å². The SMILES string of the molecule is C=C(C)CN1CCN(C(=O)c2cc(OC)c(OC)c(OC)c2)CC1. The number of amides is 1. The summed E-state index contributed by atoms with van der Waals surface area (Å²) in [6.45, 7) is 9.94. The molecule has 6 nitrogen and oxygen atoms in total. The van der Waals surface area contributed by atoms with Gasteiger partial charge in [-0.15, -0.1) is 0 Å². The van der Waals surface area contributed by atoms with Crippen molar-refractivity contribution in [1.29, 1.82) is 0 Å². The molecule has 1 aromatic carbocycles. The van der Waals surface area contributed by atoms with Gasteiger partial charge in [-0.2, -0.15) is 0 Å². The van der Waals surface area contributed by atoms with Gasteiger partial charge in [-0.3, -0.25) is 9.69 Å². The second-order valence-electron chi connectivity index (χ2n) is 5.94. The van der Waals surface area contributed by atoms with E-state index in [0.29, 0.717) is 35.9 Å². The van der Waals surface area contributed by atoms with Gasteiger partial charge in [-0.1, -0.05) is 12.2 Å². The molecule has 24 heavy (non-hydrogen) atoms. The third kappa shape index (κ3) is 4.00. The van der Waals surface area contributed by atoms with Crippen LogP contribution in [-0.4, -0.2) is 69.8 Å². The number of piperazine rings is 1. The number of hydrogen-bond acceptors (Lipinski definition) is 5. The molecule has 0 unspecified atom stereocenters. The first-order chi connectivity index (χ1) is 11.5. The van der Waals surface area contributed by atoms with E-state index in [4.69, 9.17) is 14.2 Å². The van der Waals surface area contributed by atoms with Crippen LogP contribution in [0.2, 0.25) is 0 Å². The Kier molecular flexibility index (Phi) is 6.09. The molecule has 1 aliphatic rings. The lowest BCUT2D eigenvalue weighted by Crippen LogP contribution is -2.48. The van der Waals surface area contributed by atoms with Crippen LogP contribution in [0, 0.1) is 0 Å². The summed E-state index contributed by atoms with van der Waals surface area (Å²) in [7, 11) is 4.63. The molecule has 0 spiro atoms. The van der Waals surface area contributed by atoms with Crippen LogP contribution in [0.1, 0.15) is 17.3 Å². The smallest absolute Gasteiger partial charge is 0.254 e. The molecule has 1 aliphatic heterocycles. The first kappa shape index (κ1) is 18.1. The van der Waals surface area contributed by atoms with E-state index in [1.165, 1.54) is 0 Å². The molecule has 0 N–H and O–H groups in total. The van der Waals surface area contributed by atoms with Crippen LogP contribution in [-0.2, 0) is 0 Å². The number of methoxy groups -OCH3 is 3. The largest absolute Gasteiger partial charge is 0.493 e. The van der Waals surface area contributed by atoms with Gasteiger partial charge in [0.2, 0.25) is 5.75 Å². The molecular weight excluding hydrogens is 308 g/mol. The maximum absolute atomic E-state index is 12.8. The number of carbonyl (C=O) groups is 1. The third-order valence-corrected chi connectivity index (χ3v) is 4.06. The highest BCUT2D eigenvalue weighted by Crippen LogP contribution is 2.38. The second kappa shape index (κ2) is 8.06. The highest BCUT2D eigenvalue weighted by molar-refractivity contribution is 5.95. The van der Waals surface area contributed by atoms with Gasteiger partial charge in [0.05, 0.1) is 21.3 Å². The van der Waals surface area contributed by atoms with Crippen LogP contribution in [0.5, 0.6) is 17.2 Å². The molecule has 2 rings (SSSR count). The minimum atomic E-state index is -0.0239. The monoisotopic (exact) mass is 334 g/mol. The van der Waals surface area contributed by atoms with Crippen LogP contribution in [0.4, 0.5) is 0 Å². The molecule has 6 heteroatoms. The summed E-state index contributed by atoms with van der Waals surface area (Å²) < 4.78 is 15.9. The Morgan fingerprint density at radius 2 is 1.58 bits per heavy atom. The van der Waals surface area contributed by atoms with Crippen LogP contribution < -0.4 is 14.2 Å². The number of carbonyl (C=O) groups excluding carboxylic acids is 1. The van der Waals surface area contributed by atoms with E-state index >= 15 is 0 Å². The zero-order chi connectivity index (χ0) is 17.7. The van der Waals surface area contributed by atoms with Crippen molar-refractivity contribution in [3.05, 3.63) is 29.8 Å². The van der Waals surface area contributed by atoms with Crippen LogP contribution in [0.3, 0.4) is 0 Å². The Morgan fingerprint density at radius 1 is 1.04 bits per heavy atom. The first-order valence-corrected chi connectivity index (χ1v) is 7.96. The van der Waals surface area contributed by atoms with E-state index in [1.807, 2.05) is 11.8 Å². The lowest BCUT2D eigenvalue weighted by Gasteiger charge is -2.35. The third-order valence-electron chi connectivity index (χ3n) is 4.06. The van der Waals surface area contributed by atoms with Crippen molar-refractivity contribution in [2.45, 2.75) is 6.92 Å². The fraction of sp³-hybridized carbons (Fsp3) is 0.500. The van der Waals surface area contributed by atoms with E-state index < -0.39 is 0 Å². The first-order valence-electron chi connectivity index (χ1n) is 7.96. The van der Waals surface area contributed by atoms with Gasteiger partial charge >= 0.3 is 0 Å². The number of rotatable bonds is 6. The molecular formula is C18H26N2O4. The number of benzene rings is 1. The molecule has 0 aliphatic carbocycles. The minimum Gasteiger partial charge on any atom is -0.493 e. The van der Waals surface area contributed by atoms with Gasteiger partial charge in [0, 0.05) is 38.3 Å². The van der Waals surface area contributed by atoms with E-state index in [1.54, 1.807) is 33.5 Å². The van der Waals surface area contributed by atoms with Gasteiger partial charge in [-0.25, -0.2) is 0 Å². The van der Waals surface area contributed by atoms with Crippen LogP contribution in [0.25, 0.3) is 0 Å². The average molecular weight is 334 g/mol. The molecule has 0 radical (unpaired) electrons. The summed E-state index contributed by atoms with van der Waals surface area (Å²) >= 11 is 0. The van der Waals surface area contributed by atoms with Gasteiger partial charge in [0.1, 0.15) is 0 Å². The molecule has 1 heterocycles. The Labute approximate surface area is 143 Å². The quantitative estimate of drug-likeness (QED) is 0.745. The van der Waals surface area contributed by atoms with Crippen molar-refractivity contribution in [2.24, 2.45) is 0 Å². The number of hydrogen-bond donors (Lipinski definition) is 0. The summed E-state index contributed by atoms with van der Waals surface area (Å²) in [5.41, 5.74) is 1.68. The Bertz CT molecular complexity index is 582. The second-order valence-corrected chi connectivity index (χ2v) is 5.94. The standard InChI is InChI=1S/C18H26N2O4/c1-13(2)12-19-6-8-20(9-7-19)18(21)14-10-15(22-3)17(24-5)16(11-14)23-4/h10-11H,1,6-9,12H2,2-5H3. The van der Waals surface area contributed by atoms with Crippen molar-refractivity contribution < 1.29 is 19.0 Å². The molecule has 1 fully saturated rings. The van der Waals surface area contributed by atoms with Crippen molar-refractivity contribution in [1.82, 2.24) is 9.80 Å². The summed E-state index contributed by atoms with van der Waals surface area (Å²) in [6, 6.07) is 3.40. The normalized spacial score (nSPS) is 15.1. The van der Waals surface area contributed by atoms with Gasteiger partial charge in [0.25, 0.3) is 5.91 Å². The molecule has 1 aromatic rings. The Morgan fingerprint density at radius 3 is 2.00 bits per heavy atom. The van der Waals surface area contributed by atoms with Crippen molar-refractivity contribution >= 4 is 5.91 Å². The maximum atomic E-state index is 12.8. The van der Waals surface area contributed by atoms with Crippen LogP contribution >= 0.6 is 0 Å². The minimum absolute atomic E-state index is 0.0239. The van der Waals surface area contributed by atoms with Gasteiger partial charge in [-0.05, 0) is 19.1 Å². The topological polar surface area (TPSA) is 51.2 Å². The Balaban J connectivity index is 2.14. The highest BCUT2D eigenvalue weighted by atomic mass is 16.5. The average Bonchev–Trinajstić information content (AvgIpc) is 2.59. The fourth-order valence-electron chi connectivity index (χ4n) is 2.88. The lowest BCUT2D eigenvalue weighted by molar-refractivity contribution is 0.0647. The van der Waals surface area contributed by atoms with Crippen molar-refractivity contribution in [3.8, 4) is 17.2 Å². The summed E-state index contributed by atoms with van der Waals surface area (Å²) in [6.07, 6.45) is 0. The summed E-state index contributed by atoms with van der Waals surface area (Å²) in [4.78, 5) is 17.0. The van der Waals surface area contributed by atoms with E-state index in [0.717, 1.165) is 25.2 Å². The molecule has 1 saturated heterocycles. The van der Waals surface area contributed by atoms with E-state index in [9.17, 15) is 4.79 Å². The molecule has 0 bridgehead atoms. The lowest BCUT2D eigenvalue weighted by atomic mass is 10.1. The number of ether oxygens (including phenoxy) is 3. The Hall–Kier alpha value is -2.21. The molecule has 0 atom stereocenters. The molecule has 1 amide bonds. The molecule has 0 aromatic heterocycles. The van der Waals surface area contributed by atoms with Gasteiger partial charge < -0.3 is 19.1 Å². The van der Waals surface area contributed by atoms with Crippen molar-refractivity contribution in [2.75, 3.05) is 54.1 Å². The van der Waals surface area contributed by atoms with Crippen molar-refractivity contribution in [3.63, 3.8) is 0 Å². The fourth-order valence-corrected chi connectivity index (χ4v) is 2.88. The zero-order valence-electron chi connectivity index (χ0n) is 14.9. The van der Waals surface area contributed by atoms with E-state index in [-0.39, 0.29) is 5.91 Å². The molecule has 132 valence electrons. The number of nitrogens with zero attached hydrogens (tertiary/aromatic N) is 2. The summed E-state index contributed by atoms with van der Waals surface area (Å²) in [5, 5.41) is 0. The zero-order valence-corrected chi connectivity index (χ0v) is 14.9. The predicted octanol–water partition coefficient (Wildman–Crippen LogP) is 2.05. The van der Waals surface area contributed by atoms with Crippen LogP contribution in [0.15, 0.2) is 24.3 Å². The molecule has 0 saturated carbocycles.